The first-order valence-electron chi connectivity index (χ1n) is 10.3. The number of hydrogen-bond acceptors (Lipinski definition) is 4. The number of pyridine rings is 3. The number of hydrogen-bond donors (Lipinski definition) is 2. The van der Waals surface area contributed by atoms with Gasteiger partial charge in [0.05, 0.1) is 28.8 Å². The van der Waals surface area contributed by atoms with Crippen LogP contribution >= 0.6 is 0 Å². The Morgan fingerprint density at radius 1 is 0.938 bits per heavy atom. The molecule has 0 aromatic carbocycles. The van der Waals surface area contributed by atoms with Gasteiger partial charge < -0.3 is 4.98 Å². The molecule has 0 unspecified atom stereocenters. The topological polar surface area (TPSA) is 83.1 Å². The molecule has 0 amide bonds. The molecule has 5 heterocycles. The van der Waals surface area contributed by atoms with Gasteiger partial charge in [-0.25, -0.2) is 0 Å². The predicted octanol–water partition coefficient (Wildman–Crippen LogP) is 5.33. The Morgan fingerprint density at radius 3 is 2.69 bits per heavy atom. The summed E-state index contributed by atoms with van der Waals surface area (Å²) in [4.78, 5) is 16.6. The molecule has 1 aliphatic carbocycles. The first-order chi connectivity index (χ1) is 15.8. The number of aromatic amines is 2. The predicted molar refractivity (Wildman–Crippen MR) is 126 cm³/mol. The quantitative estimate of drug-likeness (QED) is 0.391. The fraction of sp³-hybridized carbons (Fsp3) is 0.0385. The third kappa shape index (κ3) is 2.98. The molecule has 0 aliphatic heterocycles. The van der Waals surface area contributed by atoms with Crippen LogP contribution in [0.3, 0.4) is 0 Å². The van der Waals surface area contributed by atoms with Crippen molar-refractivity contribution in [1.29, 1.82) is 0 Å². The van der Waals surface area contributed by atoms with Crippen LogP contribution in [0.25, 0.3) is 45.2 Å². The van der Waals surface area contributed by atoms with Gasteiger partial charge in [-0.3, -0.25) is 20.1 Å². The molecule has 5 aromatic heterocycles. The van der Waals surface area contributed by atoms with Crippen molar-refractivity contribution in [3.05, 3.63) is 102 Å². The Kier molecular flexibility index (Phi) is 4.16. The zero-order valence-corrected chi connectivity index (χ0v) is 17.3. The van der Waals surface area contributed by atoms with Crippen molar-refractivity contribution < 1.29 is 0 Å². The van der Waals surface area contributed by atoms with Gasteiger partial charge in [-0.1, -0.05) is 0 Å². The number of fused-ring (bicyclic) bond motifs is 2. The van der Waals surface area contributed by atoms with Crippen molar-refractivity contribution in [1.82, 2.24) is 30.1 Å². The second-order valence-corrected chi connectivity index (χ2v) is 7.68. The van der Waals surface area contributed by atoms with E-state index >= 15 is 0 Å². The third-order valence-corrected chi connectivity index (χ3v) is 5.72. The molecule has 6 rings (SSSR count). The number of allylic oxidation sites excluding steroid dienone is 2. The Labute approximate surface area is 184 Å². The van der Waals surface area contributed by atoms with E-state index in [9.17, 15) is 0 Å². The van der Waals surface area contributed by atoms with Crippen LogP contribution in [0.5, 0.6) is 0 Å². The van der Waals surface area contributed by atoms with E-state index in [0.29, 0.717) is 0 Å². The second-order valence-electron chi connectivity index (χ2n) is 7.68. The van der Waals surface area contributed by atoms with Gasteiger partial charge in [-0.05, 0) is 66.1 Å². The van der Waals surface area contributed by atoms with E-state index in [1.807, 2.05) is 55.1 Å². The molecule has 2 N–H and O–H groups in total. The monoisotopic (exact) mass is 414 g/mol. The summed E-state index contributed by atoms with van der Waals surface area (Å²) in [5.41, 5.74) is 13.2. The van der Waals surface area contributed by atoms with Crippen LogP contribution in [-0.2, 0) is 0 Å². The highest BCUT2D eigenvalue weighted by Gasteiger charge is 2.18. The lowest BCUT2D eigenvalue weighted by atomic mass is 9.98. The third-order valence-electron chi connectivity index (χ3n) is 5.72. The van der Waals surface area contributed by atoms with Gasteiger partial charge in [0.2, 0.25) is 0 Å². The Hall–Kier alpha value is -4.54. The van der Waals surface area contributed by atoms with Gasteiger partial charge in [0.25, 0.3) is 0 Å². The lowest BCUT2D eigenvalue weighted by Crippen LogP contribution is -1.88. The zero-order chi connectivity index (χ0) is 21.5. The number of nitrogens with zero attached hydrogens (tertiary/aromatic N) is 4. The SMILES string of the molecule is Cc1ccncc1-c1cc2c(-c3cc4c([nH]3)C=C=CC=C4c3ccncc3)n[nH]c2cn1. The molecule has 1 aliphatic rings. The zero-order valence-electron chi connectivity index (χ0n) is 17.3. The summed E-state index contributed by atoms with van der Waals surface area (Å²) >= 11 is 0. The van der Waals surface area contributed by atoms with Crippen LogP contribution < -0.4 is 0 Å². The standard InChI is InChI=1S/C26H18N6/c1-16-6-9-28-14-21(16)23-13-20-25(15-29-23)31-32-26(20)24-12-19-18(17-7-10-27-11-8-17)4-2-3-5-22(19)30-24/h2,4-15,30H,1H3,(H,31,32). The minimum atomic E-state index is 0.852. The van der Waals surface area contributed by atoms with Gasteiger partial charge in [0.1, 0.15) is 5.69 Å². The van der Waals surface area contributed by atoms with Gasteiger partial charge in [-0.2, -0.15) is 5.10 Å². The lowest BCUT2D eigenvalue weighted by Gasteiger charge is -2.05. The molecule has 6 nitrogen and oxygen atoms in total. The van der Waals surface area contributed by atoms with Crippen LogP contribution in [0.2, 0.25) is 0 Å². The normalized spacial score (nSPS) is 12.6. The van der Waals surface area contributed by atoms with Crippen LogP contribution in [0.4, 0.5) is 0 Å². The Morgan fingerprint density at radius 2 is 1.81 bits per heavy atom. The van der Waals surface area contributed by atoms with Crippen molar-refractivity contribution >= 4 is 22.6 Å². The number of H-pyrrole nitrogens is 2. The van der Waals surface area contributed by atoms with Crippen molar-refractivity contribution in [2.75, 3.05) is 0 Å². The van der Waals surface area contributed by atoms with E-state index in [1.54, 1.807) is 6.20 Å². The number of rotatable bonds is 3. The minimum Gasteiger partial charge on any atom is -0.353 e. The molecule has 0 saturated heterocycles. The fourth-order valence-electron chi connectivity index (χ4n) is 4.07. The molecule has 0 fully saturated rings. The first kappa shape index (κ1) is 18.2. The maximum absolute atomic E-state index is 4.62. The molecule has 0 saturated carbocycles. The lowest BCUT2D eigenvalue weighted by molar-refractivity contribution is 1.11. The summed E-state index contributed by atoms with van der Waals surface area (Å²) in [6, 6.07) is 10.2. The molecule has 0 radical (unpaired) electrons. The fourth-order valence-corrected chi connectivity index (χ4v) is 4.07. The molecule has 0 atom stereocenters. The molecule has 0 spiro atoms. The highest BCUT2D eigenvalue weighted by atomic mass is 15.1. The summed E-state index contributed by atoms with van der Waals surface area (Å²) in [5.74, 6) is 0. The summed E-state index contributed by atoms with van der Waals surface area (Å²) < 4.78 is 0. The summed E-state index contributed by atoms with van der Waals surface area (Å²) in [6.45, 7) is 2.06. The Balaban J connectivity index is 1.50. The van der Waals surface area contributed by atoms with E-state index in [0.717, 1.165) is 61.5 Å². The smallest absolute Gasteiger partial charge is 0.116 e. The van der Waals surface area contributed by atoms with Crippen molar-refractivity contribution in [2.45, 2.75) is 6.92 Å². The number of nitrogens with one attached hydrogen (secondary N) is 2. The average molecular weight is 414 g/mol. The minimum absolute atomic E-state index is 0.852. The van der Waals surface area contributed by atoms with E-state index < -0.39 is 0 Å². The van der Waals surface area contributed by atoms with E-state index in [2.05, 4.69) is 61.0 Å². The first-order valence-corrected chi connectivity index (χ1v) is 10.3. The summed E-state index contributed by atoms with van der Waals surface area (Å²) in [6.07, 6.45) is 15.1. The van der Waals surface area contributed by atoms with Crippen LogP contribution in [0.15, 0.2) is 79.2 Å². The van der Waals surface area contributed by atoms with E-state index in [4.69, 9.17) is 0 Å². The summed E-state index contributed by atoms with van der Waals surface area (Å²) in [5, 5.41) is 8.72. The highest BCUT2D eigenvalue weighted by Crippen LogP contribution is 2.35. The second kappa shape index (κ2) is 7.30. The van der Waals surface area contributed by atoms with Crippen LogP contribution in [0.1, 0.15) is 22.4 Å². The Bertz CT molecular complexity index is 1560. The van der Waals surface area contributed by atoms with Crippen molar-refractivity contribution in [2.24, 2.45) is 0 Å². The maximum atomic E-state index is 4.62. The van der Waals surface area contributed by atoms with E-state index in [1.165, 1.54) is 0 Å². The maximum Gasteiger partial charge on any atom is 0.116 e. The highest BCUT2D eigenvalue weighted by molar-refractivity contribution is 5.96. The van der Waals surface area contributed by atoms with Gasteiger partial charge in [0.15, 0.2) is 0 Å². The number of aryl methyl sites for hydroxylation is 1. The average Bonchev–Trinajstić information content (AvgIpc) is 3.38. The molecular formula is C26H18N6. The van der Waals surface area contributed by atoms with Crippen molar-refractivity contribution in [3.8, 4) is 22.6 Å². The van der Waals surface area contributed by atoms with Crippen molar-refractivity contribution in [3.63, 3.8) is 0 Å². The number of aromatic nitrogens is 6. The molecule has 152 valence electrons. The summed E-state index contributed by atoms with van der Waals surface area (Å²) in [7, 11) is 0. The molecule has 5 aromatic rings. The van der Waals surface area contributed by atoms with E-state index in [-0.39, 0.29) is 0 Å². The van der Waals surface area contributed by atoms with Gasteiger partial charge >= 0.3 is 0 Å². The molecule has 6 heteroatoms. The van der Waals surface area contributed by atoms with Gasteiger partial charge in [0, 0.05) is 47.4 Å². The van der Waals surface area contributed by atoms with Crippen LogP contribution in [0, 0.1) is 6.92 Å². The largest absolute Gasteiger partial charge is 0.353 e. The molecule has 32 heavy (non-hydrogen) atoms. The molecule has 0 bridgehead atoms. The molecular weight excluding hydrogens is 396 g/mol. The van der Waals surface area contributed by atoms with Crippen LogP contribution in [-0.4, -0.2) is 30.1 Å². The van der Waals surface area contributed by atoms with Gasteiger partial charge in [-0.15, -0.1) is 5.73 Å².